The molecule has 2 rings (SSSR count). The van der Waals surface area contributed by atoms with Gasteiger partial charge in [-0.15, -0.1) is 0 Å². The second-order valence-corrected chi connectivity index (χ2v) is 3.70. The Morgan fingerprint density at radius 2 is 1.88 bits per heavy atom. The molecule has 0 saturated carbocycles. The van der Waals surface area contributed by atoms with E-state index in [1.54, 1.807) is 24.3 Å². The summed E-state index contributed by atoms with van der Waals surface area (Å²) in [6.45, 7) is 1.85. The minimum atomic E-state index is -0.423. The average molecular weight is 228 g/mol. The van der Waals surface area contributed by atoms with E-state index in [4.69, 9.17) is 4.74 Å². The van der Waals surface area contributed by atoms with Gasteiger partial charge in [-0.3, -0.25) is 0 Å². The van der Waals surface area contributed by atoms with Crippen LogP contribution in [0.25, 0.3) is 0 Å². The Kier molecular flexibility index (Phi) is 3.10. The maximum absolute atomic E-state index is 11.8. The summed E-state index contributed by atoms with van der Waals surface area (Å²) in [6.07, 6.45) is 0. The van der Waals surface area contributed by atoms with Gasteiger partial charge < -0.3 is 9.84 Å². The molecule has 0 aliphatic carbocycles. The molecule has 0 amide bonds. The van der Waals surface area contributed by atoms with Gasteiger partial charge in [-0.05, 0) is 30.7 Å². The van der Waals surface area contributed by atoms with Crippen molar-refractivity contribution < 1.29 is 14.6 Å². The van der Waals surface area contributed by atoms with Crippen LogP contribution >= 0.6 is 0 Å². The molecule has 0 saturated heterocycles. The molecule has 0 unspecified atom stereocenters. The van der Waals surface area contributed by atoms with Crippen molar-refractivity contribution in [1.82, 2.24) is 0 Å². The zero-order chi connectivity index (χ0) is 12.3. The van der Waals surface area contributed by atoms with E-state index in [0.717, 1.165) is 5.56 Å². The molecule has 3 nitrogen and oxygen atoms in total. The standard InChI is InChI=1S/C14H12O3/c1-10-5-2-3-8-13(10)14(16)17-12-7-4-6-11(15)9-12/h2-9,15H,1H3. The smallest absolute Gasteiger partial charge is 0.343 e. The topological polar surface area (TPSA) is 46.5 Å². The first-order valence-corrected chi connectivity index (χ1v) is 5.23. The molecule has 0 aromatic heterocycles. The Bertz CT molecular complexity index is 547. The first kappa shape index (κ1) is 11.2. The Labute approximate surface area is 99.3 Å². The van der Waals surface area contributed by atoms with Crippen molar-refractivity contribution >= 4 is 5.97 Å². The molecule has 86 valence electrons. The van der Waals surface area contributed by atoms with E-state index in [0.29, 0.717) is 11.3 Å². The van der Waals surface area contributed by atoms with E-state index in [1.807, 2.05) is 19.1 Å². The molecule has 0 heterocycles. The van der Waals surface area contributed by atoms with Crippen LogP contribution in [0, 0.1) is 6.92 Å². The molecule has 3 heteroatoms. The fourth-order valence-corrected chi connectivity index (χ4v) is 1.51. The van der Waals surface area contributed by atoms with Crippen LogP contribution in [0.2, 0.25) is 0 Å². The van der Waals surface area contributed by atoms with E-state index in [1.165, 1.54) is 12.1 Å². The summed E-state index contributed by atoms with van der Waals surface area (Å²) < 4.78 is 5.16. The van der Waals surface area contributed by atoms with Crippen LogP contribution in [0.15, 0.2) is 48.5 Å². The van der Waals surface area contributed by atoms with Crippen molar-refractivity contribution in [3.63, 3.8) is 0 Å². The Morgan fingerprint density at radius 1 is 1.12 bits per heavy atom. The Hall–Kier alpha value is -2.29. The van der Waals surface area contributed by atoms with E-state index >= 15 is 0 Å². The maximum atomic E-state index is 11.8. The van der Waals surface area contributed by atoms with Gasteiger partial charge in [0.25, 0.3) is 0 Å². The monoisotopic (exact) mass is 228 g/mol. The van der Waals surface area contributed by atoms with Crippen LogP contribution in [-0.4, -0.2) is 11.1 Å². The minimum absolute atomic E-state index is 0.0695. The summed E-state index contributed by atoms with van der Waals surface area (Å²) in [5.41, 5.74) is 1.38. The highest BCUT2D eigenvalue weighted by atomic mass is 16.5. The maximum Gasteiger partial charge on any atom is 0.343 e. The third kappa shape index (κ3) is 2.64. The highest BCUT2D eigenvalue weighted by Crippen LogP contribution is 2.19. The number of phenolic OH excluding ortho intramolecular Hbond substituents is 1. The molecular formula is C14H12O3. The van der Waals surface area contributed by atoms with Crippen molar-refractivity contribution in [1.29, 1.82) is 0 Å². The van der Waals surface area contributed by atoms with Gasteiger partial charge in [0.2, 0.25) is 0 Å². The number of aryl methyl sites for hydroxylation is 1. The number of hydrogen-bond acceptors (Lipinski definition) is 3. The highest BCUT2D eigenvalue weighted by molar-refractivity contribution is 5.92. The number of carbonyl (C=O) groups excluding carboxylic acids is 1. The summed E-state index contributed by atoms with van der Waals surface area (Å²) >= 11 is 0. The van der Waals surface area contributed by atoms with E-state index in [-0.39, 0.29) is 5.75 Å². The number of ether oxygens (including phenoxy) is 1. The number of carbonyl (C=O) groups is 1. The zero-order valence-electron chi connectivity index (χ0n) is 9.38. The largest absolute Gasteiger partial charge is 0.508 e. The van der Waals surface area contributed by atoms with Crippen molar-refractivity contribution in [2.75, 3.05) is 0 Å². The molecule has 2 aromatic carbocycles. The summed E-state index contributed by atoms with van der Waals surface area (Å²) in [7, 11) is 0. The van der Waals surface area contributed by atoms with Crippen molar-refractivity contribution in [2.24, 2.45) is 0 Å². The summed E-state index contributed by atoms with van der Waals surface area (Å²) in [5, 5.41) is 9.26. The van der Waals surface area contributed by atoms with E-state index < -0.39 is 5.97 Å². The van der Waals surface area contributed by atoms with Gasteiger partial charge in [0, 0.05) is 6.07 Å². The fourth-order valence-electron chi connectivity index (χ4n) is 1.51. The molecule has 0 aliphatic heterocycles. The minimum Gasteiger partial charge on any atom is -0.508 e. The molecule has 17 heavy (non-hydrogen) atoms. The Morgan fingerprint density at radius 3 is 2.59 bits per heavy atom. The van der Waals surface area contributed by atoms with E-state index in [2.05, 4.69) is 0 Å². The van der Waals surface area contributed by atoms with Gasteiger partial charge in [-0.25, -0.2) is 4.79 Å². The summed E-state index contributed by atoms with van der Waals surface area (Å²) in [5.74, 6) is -0.0213. The predicted molar refractivity (Wildman–Crippen MR) is 64.2 cm³/mol. The Balaban J connectivity index is 2.20. The number of esters is 1. The number of hydrogen-bond donors (Lipinski definition) is 1. The summed E-state index contributed by atoms with van der Waals surface area (Å²) in [6, 6.07) is 13.4. The van der Waals surface area contributed by atoms with Crippen LogP contribution in [0.4, 0.5) is 0 Å². The fraction of sp³-hybridized carbons (Fsp3) is 0.0714. The van der Waals surface area contributed by atoms with Gasteiger partial charge >= 0.3 is 5.97 Å². The lowest BCUT2D eigenvalue weighted by Crippen LogP contribution is -2.09. The van der Waals surface area contributed by atoms with Crippen molar-refractivity contribution in [2.45, 2.75) is 6.92 Å². The third-order valence-electron chi connectivity index (χ3n) is 2.39. The van der Waals surface area contributed by atoms with Crippen LogP contribution in [-0.2, 0) is 0 Å². The molecule has 0 fully saturated rings. The lowest BCUT2D eigenvalue weighted by atomic mass is 10.1. The molecule has 0 bridgehead atoms. The van der Waals surface area contributed by atoms with Gasteiger partial charge in [0.15, 0.2) is 0 Å². The molecular weight excluding hydrogens is 216 g/mol. The lowest BCUT2D eigenvalue weighted by Gasteiger charge is -2.06. The van der Waals surface area contributed by atoms with Crippen molar-refractivity contribution in [3.8, 4) is 11.5 Å². The van der Waals surface area contributed by atoms with Crippen LogP contribution in [0.3, 0.4) is 0 Å². The predicted octanol–water partition coefficient (Wildman–Crippen LogP) is 2.92. The second-order valence-electron chi connectivity index (χ2n) is 3.70. The van der Waals surface area contributed by atoms with Crippen molar-refractivity contribution in [3.05, 3.63) is 59.7 Å². The molecule has 2 aromatic rings. The number of benzene rings is 2. The van der Waals surface area contributed by atoms with E-state index in [9.17, 15) is 9.90 Å². The molecule has 0 radical (unpaired) electrons. The van der Waals surface area contributed by atoms with Gasteiger partial charge in [-0.1, -0.05) is 24.3 Å². The molecule has 0 spiro atoms. The van der Waals surface area contributed by atoms with Crippen LogP contribution in [0.1, 0.15) is 15.9 Å². The van der Waals surface area contributed by atoms with Crippen LogP contribution < -0.4 is 4.74 Å². The number of phenols is 1. The first-order chi connectivity index (χ1) is 8.16. The molecule has 1 N–H and O–H groups in total. The quantitative estimate of drug-likeness (QED) is 0.635. The van der Waals surface area contributed by atoms with Gasteiger partial charge in [0.1, 0.15) is 11.5 Å². The third-order valence-corrected chi connectivity index (χ3v) is 2.39. The SMILES string of the molecule is Cc1ccccc1C(=O)Oc1cccc(O)c1. The molecule has 0 atom stereocenters. The lowest BCUT2D eigenvalue weighted by molar-refractivity contribution is 0.0734. The zero-order valence-corrected chi connectivity index (χ0v) is 9.38. The van der Waals surface area contributed by atoms with Gasteiger partial charge in [-0.2, -0.15) is 0 Å². The van der Waals surface area contributed by atoms with Gasteiger partial charge in [0.05, 0.1) is 5.56 Å². The second kappa shape index (κ2) is 4.70. The average Bonchev–Trinajstić information content (AvgIpc) is 2.29. The highest BCUT2D eigenvalue weighted by Gasteiger charge is 2.10. The number of aromatic hydroxyl groups is 1. The van der Waals surface area contributed by atoms with Crippen LogP contribution in [0.5, 0.6) is 11.5 Å². The summed E-state index contributed by atoms with van der Waals surface area (Å²) in [4.78, 5) is 11.8. The molecule has 0 aliphatic rings. The normalized spacial score (nSPS) is 9.94. The number of rotatable bonds is 2. The first-order valence-electron chi connectivity index (χ1n) is 5.23.